The normalized spacial score (nSPS) is 25.1. The standard InChI is InChI=1S/C28H36BrF2N5O5S/c1-27(2,3)41-26(37)36-17-4-5-18(36)14-35(13-17)24-19-12-20(30)21(29)22(31)23(19)32-25(33-24)40-16-28(6-7-28)15-34-8-10-42(38,39)11-9-34/h12,17-18H,4-11,13-16H2,1-3H3. The summed E-state index contributed by atoms with van der Waals surface area (Å²) in [5, 5.41) is 0.237. The van der Waals surface area contributed by atoms with Crippen LogP contribution in [0.5, 0.6) is 6.01 Å². The Balaban J connectivity index is 1.24. The molecule has 14 heteroatoms. The molecule has 230 valence electrons. The number of anilines is 1. The topological polar surface area (TPSA) is 105 Å². The molecule has 0 N–H and O–H groups in total. The van der Waals surface area contributed by atoms with Crippen LogP contribution >= 0.6 is 15.9 Å². The lowest BCUT2D eigenvalue weighted by molar-refractivity contribution is 0.0122. The molecule has 0 spiro atoms. The zero-order valence-electron chi connectivity index (χ0n) is 24.0. The van der Waals surface area contributed by atoms with Crippen molar-refractivity contribution in [2.24, 2.45) is 5.41 Å². The van der Waals surface area contributed by atoms with Gasteiger partial charge >= 0.3 is 12.1 Å². The van der Waals surface area contributed by atoms with Crippen molar-refractivity contribution >= 4 is 48.6 Å². The fourth-order valence-electron chi connectivity index (χ4n) is 6.26. The second kappa shape index (κ2) is 10.7. The molecule has 42 heavy (non-hydrogen) atoms. The molecule has 1 saturated carbocycles. The SMILES string of the molecule is CC(C)(C)OC(=O)N1C2CCC1CN(c1nc(OCC3(CN4CCS(=O)(=O)CC4)CC3)nc3c(F)c(Br)c(F)cc13)C2. The summed E-state index contributed by atoms with van der Waals surface area (Å²) in [6.07, 6.45) is 3.09. The summed E-state index contributed by atoms with van der Waals surface area (Å²) >= 11 is 2.99. The minimum absolute atomic E-state index is 0.00400. The summed E-state index contributed by atoms with van der Waals surface area (Å²) in [4.78, 5) is 27.9. The molecule has 4 heterocycles. The molecule has 0 radical (unpaired) electrons. The van der Waals surface area contributed by atoms with E-state index in [2.05, 4.69) is 30.8 Å². The largest absolute Gasteiger partial charge is 0.463 e. The monoisotopic (exact) mass is 671 g/mol. The lowest BCUT2D eigenvalue weighted by Gasteiger charge is -2.42. The second-order valence-electron chi connectivity index (χ2n) is 13.1. The van der Waals surface area contributed by atoms with E-state index in [1.807, 2.05) is 25.7 Å². The van der Waals surface area contributed by atoms with Crippen molar-refractivity contribution in [3.8, 4) is 6.01 Å². The highest BCUT2D eigenvalue weighted by Crippen LogP contribution is 2.47. The van der Waals surface area contributed by atoms with Crippen LogP contribution in [0.25, 0.3) is 10.9 Å². The van der Waals surface area contributed by atoms with Crippen LogP contribution in [0.3, 0.4) is 0 Å². The van der Waals surface area contributed by atoms with E-state index in [0.29, 0.717) is 45.1 Å². The van der Waals surface area contributed by atoms with E-state index in [4.69, 9.17) is 9.47 Å². The van der Waals surface area contributed by atoms with Crippen LogP contribution < -0.4 is 9.64 Å². The van der Waals surface area contributed by atoms with Crippen molar-refractivity contribution in [3.63, 3.8) is 0 Å². The van der Waals surface area contributed by atoms with Crippen LogP contribution in [0, 0.1) is 17.0 Å². The third-order valence-corrected chi connectivity index (χ3v) is 11.0. The average molecular weight is 673 g/mol. The van der Waals surface area contributed by atoms with Crippen LogP contribution in [0.2, 0.25) is 0 Å². The molecule has 2 aromatic rings. The molecule has 2 unspecified atom stereocenters. The zero-order valence-corrected chi connectivity index (χ0v) is 26.4. The highest BCUT2D eigenvalue weighted by atomic mass is 79.9. The Labute approximate surface area is 252 Å². The van der Waals surface area contributed by atoms with Crippen molar-refractivity contribution in [2.45, 2.75) is 64.1 Å². The number of hydrogen-bond acceptors (Lipinski definition) is 9. The van der Waals surface area contributed by atoms with Gasteiger partial charge in [-0.25, -0.2) is 22.0 Å². The first kappa shape index (κ1) is 29.7. The predicted molar refractivity (Wildman–Crippen MR) is 157 cm³/mol. The molecule has 3 saturated heterocycles. The highest BCUT2D eigenvalue weighted by molar-refractivity contribution is 9.10. The molecule has 6 rings (SSSR count). The van der Waals surface area contributed by atoms with E-state index in [1.54, 1.807) is 4.90 Å². The van der Waals surface area contributed by atoms with Crippen LogP contribution in [0.4, 0.5) is 19.4 Å². The van der Waals surface area contributed by atoms with Crippen molar-refractivity contribution in [3.05, 3.63) is 22.2 Å². The summed E-state index contributed by atoms with van der Waals surface area (Å²) in [7, 11) is -2.97. The Morgan fingerprint density at radius 1 is 1.12 bits per heavy atom. The number of sulfone groups is 1. The number of carbonyl (C=O) groups excluding carboxylic acids is 1. The highest BCUT2D eigenvalue weighted by Gasteiger charge is 2.47. The molecule has 1 aliphatic carbocycles. The van der Waals surface area contributed by atoms with Gasteiger partial charge in [0.05, 0.1) is 34.7 Å². The average Bonchev–Trinajstić information content (AvgIpc) is 3.62. The Morgan fingerprint density at radius 3 is 2.36 bits per heavy atom. The number of aromatic nitrogens is 2. The maximum absolute atomic E-state index is 15.4. The third-order valence-electron chi connectivity index (χ3n) is 8.63. The summed E-state index contributed by atoms with van der Waals surface area (Å²) < 4.78 is 65.2. The number of hydrogen-bond donors (Lipinski definition) is 0. The summed E-state index contributed by atoms with van der Waals surface area (Å²) in [5.74, 6) is -0.893. The number of halogens is 3. The van der Waals surface area contributed by atoms with Gasteiger partial charge in [-0.3, -0.25) is 4.90 Å². The lowest BCUT2D eigenvalue weighted by Crippen LogP contribution is -2.57. The molecule has 4 fully saturated rings. The van der Waals surface area contributed by atoms with Crippen LogP contribution in [-0.2, 0) is 14.6 Å². The Kier molecular flexibility index (Phi) is 7.57. The molecular weight excluding hydrogens is 636 g/mol. The van der Waals surface area contributed by atoms with E-state index in [9.17, 15) is 17.6 Å². The molecular formula is C28H36BrF2N5O5S. The van der Waals surface area contributed by atoms with Gasteiger partial charge < -0.3 is 19.3 Å². The smallest absolute Gasteiger partial charge is 0.410 e. The van der Waals surface area contributed by atoms with Gasteiger partial charge in [-0.05, 0) is 68.5 Å². The summed E-state index contributed by atoms with van der Waals surface area (Å²) in [6.45, 7) is 8.40. The molecule has 1 amide bonds. The molecule has 1 aromatic heterocycles. The van der Waals surface area contributed by atoms with Gasteiger partial charge in [0.25, 0.3) is 0 Å². The van der Waals surface area contributed by atoms with Gasteiger partial charge in [-0.1, -0.05) is 0 Å². The van der Waals surface area contributed by atoms with E-state index >= 15 is 4.39 Å². The fraction of sp³-hybridized carbons (Fsp3) is 0.679. The number of benzene rings is 1. The Hall–Kier alpha value is -2.32. The van der Waals surface area contributed by atoms with Gasteiger partial charge in [0.1, 0.15) is 22.8 Å². The second-order valence-corrected chi connectivity index (χ2v) is 16.2. The summed E-state index contributed by atoms with van der Waals surface area (Å²) in [6, 6.07) is 0.989. The minimum atomic E-state index is -2.97. The van der Waals surface area contributed by atoms with Gasteiger partial charge in [0.15, 0.2) is 15.7 Å². The van der Waals surface area contributed by atoms with Crippen molar-refractivity contribution in [1.29, 1.82) is 0 Å². The van der Waals surface area contributed by atoms with Crippen molar-refractivity contribution in [1.82, 2.24) is 19.8 Å². The van der Waals surface area contributed by atoms with Gasteiger partial charge in [0.2, 0.25) is 0 Å². The van der Waals surface area contributed by atoms with Gasteiger partial charge in [-0.15, -0.1) is 0 Å². The number of rotatable bonds is 6. The van der Waals surface area contributed by atoms with Gasteiger partial charge in [0, 0.05) is 43.5 Å². The number of carbonyl (C=O) groups is 1. The quantitative estimate of drug-likeness (QED) is 0.419. The van der Waals surface area contributed by atoms with Crippen molar-refractivity contribution < 1.29 is 31.5 Å². The third kappa shape index (κ3) is 6.03. The molecule has 2 bridgehead atoms. The van der Waals surface area contributed by atoms with Crippen LogP contribution in [0.15, 0.2) is 10.5 Å². The number of amides is 1. The van der Waals surface area contributed by atoms with E-state index < -0.39 is 27.1 Å². The first-order valence-corrected chi connectivity index (χ1v) is 17.0. The first-order valence-electron chi connectivity index (χ1n) is 14.4. The predicted octanol–water partition coefficient (Wildman–Crippen LogP) is 4.15. The minimum Gasteiger partial charge on any atom is -0.463 e. The number of nitrogens with zero attached hydrogens (tertiary/aromatic N) is 5. The Morgan fingerprint density at radius 2 is 1.76 bits per heavy atom. The van der Waals surface area contributed by atoms with Crippen molar-refractivity contribution in [2.75, 3.05) is 55.7 Å². The lowest BCUT2D eigenvalue weighted by atomic mass is 10.1. The molecule has 10 nitrogen and oxygen atoms in total. The van der Waals surface area contributed by atoms with Crippen LogP contribution in [0.1, 0.15) is 46.5 Å². The number of ether oxygens (including phenoxy) is 2. The maximum Gasteiger partial charge on any atom is 0.410 e. The molecule has 3 aliphatic heterocycles. The molecule has 4 aliphatic rings. The first-order chi connectivity index (χ1) is 19.7. The number of fused-ring (bicyclic) bond motifs is 3. The van der Waals surface area contributed by atoms with E-state index in [1.165, 1.54) is 6.07 Å². The fourth-order valence-corrected chi connectivity index (χ4v) is 7.84. The molecule has 1 aromatic carbocycles. The van der Waals surface area contributed by atoms with E-state index in [-0.39, 0.29) is 56.5 Å². The Bertz CT molecular complexity index is 1490. The molecule has 2 atom stereocenters. The van der Waals surface area contributed by atoms with Crippen LogP contribution in [-0.4, -0.2) is 103 Å². The summed E-state index contributed by atoms with van der Waals surface area (Å²) in [5.41, 5.74) is -0.800. The zero-order chi connectivity index (χ0) is 30.0. The van der Waals surface area contributed by atoms with Gasteiger partial charge in [-0.2, -0.15) is 9.97 Å². The maximum atomic E-state index is 15.4. The van der Waals surface area contributed by atoms with E-state index in [0.717, 1.165) is 25.7 Å². The number of piperazine rings is 1.